The minimum atomic E-state index is -2.85. The zero-order valence-electron chi connectivity index (χ0n) is 21.2. The van der Waals surface area contributed by atoms with E-state index in [2.05, 4.69) is 51.7 Å². The first-order valence-electron chi connectivity index (χ1n) is 12.9. The van der Waals surface area contributed by atoms with Gasteiger partial charge in [-0.1, -0.05) is 19.9 Å². The van der Waals surface area contributed by atoms with Crippen molar-refractivity contribution in [3.63, 3.8) is 0 Å². The van der Waals surface area contributed by atoms with Gasteiger partial charge in [0.05, 0.1) is 28.8 Å². The first kappa shape index (κ1) is 24.8. The van der Waals surface area contributed by atoms with Crippen LogP contribution in [-0.2, 0) is 21.7 Å². The van der Waals surface area contributed by atoms with Gasteiger partial charge in [0.2, 0.25) is 0 Å². The van der Waals surface area contributed by atoms with Crippen molar-refractivity contribution >= 4 is 42.8 Å². The number of nitrogens with zero attached hydrogens (tertiary/aromatic N) is 3. The molecule has 0 unspecified atom stereocenters. The van der Waals surface area contributed by atoms with Crippen LogP contribution in [0.3, 0.4) is 0 Å². The first-order valence-corrected chi connectivity index (χ1v) is 15.6. The van der Waals surface area contributed by atoms with Crippen molar-refractivity contribution in [2.24, 2.45) is 0 Å². The number of Topliss-reactive ketones (excluding diaryl/α,β-unsaturated/α-hetero) is 1. The number of allylic oxidation sites excluding steroid dienone is 2. The van der Waals surface area contributed by atoms with Gasteiger partial charge in [0.1, 0.15) is 9.84 Å². The Morgan fingerprint density at radius 2 is 1.73 bits per heavy atom. The molecule has 6 nitrogen and oxygen atoms in total. The lowest BCUT2D eigenvalue weighted by molar-refractivity contribution is 0.105. The fourth-order valence-electron chi connectivity index (χ4n) is 6.66. The number of rotatable bonds is 2. The average molecular weight is 581 g/mol. The Kier molecular flexibility index (Phi) is 5.90. The number of hydrogen-bond donors (Lipinski definition) is 0. The summed E-state index contributed by atoms with van der Waals surface area (Å²) in [6.45, 7) is 7.95. The molecule has 192 valence electrons. The molecule has 2 saturated heterocycles. The maximum absolute atomic E-state index is 13.8. The topological polar surface area (TPSA) is 81.5 Å². The maximum atomic E-state index is 13.8. The number of piperazine rings is 1. The van der Waals surface area contributed by atoms with Gasteiger partial charge in [-0.15, -0.1) is 0 Å². The largest absolute Gasteiger partial charge is 0.368 e. The van der Waals surface area contributed by atoms with Crippen LogP contribution in [0.2, 0.25) is 0 Å². The SMILES string of the molecule is CC1(C)C2=C(C(=O)c3cc(Br)c(N4CCN(C5CCS(=O)(=O)CC5)CC4)cc31)c1ccc(C#N)cc1C2. The van der Waals surface area contributed by atoms with Gasteiger partial charge in [0.25, 0.3) is 0 Å². The number of carbonyl (C=O) groups is 1. The predicted molar refractivity (Wildman–Crippen MR) is 149 cm³/mol. The number of sulfone groups is 1. The minimum absolute atomic E-state index is 0.0668. The van der Waals surface area contributed by atoms with Crippen molar-refractivity contribution < 1.29 is 13.2 Å². The van der Waals surface area contributed by atoms with Crippen molar-refractivity contribution in [1.82, 2.24) is 4.90 Å². The number of benzene rings is 2. The molecule has 2 fully saturated rings. The van der Waals surface area contributed by atoms with Crippen molar-refractivity contribution in [2.75, 3.05) is 42.6 Å². The molecule has 2 heterocycles. The van der Waals surface area contributed by atoms with Crippen LogP contribution in [0.25, 0.3) is 5.57 Å². The van der Waals surface area contributed by atoms with Crippen LogP contribution < -0.4 is 4.90 Å². The van der Waals surface area contributed by atoms with Gasteiger partial charge >= 0.3 is 0 Å². The van der Waals surface area contributed by atoms with Crippen LogP contribution in [0, 0.1) is 11.3 Å². The van der Waals surface area contributed by atoms with Gasteiger partial charge in [-0.2, -0.15) is 5.26 Å². The average Bonchev–Trinajstić information content (AvgIpc) is 3.27. The molecule has 2 aromatic rings. The number of nitriles is 1. The lowest BCUT2D eigenvalue weighted by Gasteiger charge is -2.42. The molecule has 2 aromatic carbocycles. The Morgan fingerprint density at radius 3 is 2.41 bits per heavy atom. The Bertz CT molecular complexity index is 1500. The maximum Gasteiger partial charge on any atom is 0.193 e. The Hall–Kier alpha value is -2.47. The molecular formula is C29H30BrN3O3S. The molecule has 0 N–H and O–H groups in total. The zero-order valence-corrected chi connectivity index (χ0v) is 23.6. The molecule has 0 spiro atoms. The van der Waals surface area contributed by atoms with Gasteiger partial charge in [0, 0.05) is 53.2 Å². The Balaban J connectivity index is 1.27. The van der Waals surface area contributed by atoms with E-state index >= 15 is 0 Å². The summed E-state index contributed by atoms with van der Waals surface area (Å²) in [6, 6.07) is 12.4. The number of halogens is 1. The summed E-state index contributed by atoms with van der Waals surface area (Å²) in [5.41, 5.74) is 7.20. The lowest BCUT2D eigenvalue weighted by atomic mass is 9.68. The highest BCUT2D eigenvalue weighted by molar-refractivity contribution is 9.10. The van der Waals surface area contributed by atoms with E-state index in [1.165, 1.54) is 0 Å². The van der Waals surface area contributed by atoms with E-state index in [4.69, 9.17) is 0 Å². The molecule has 0 radical (unpaired) electrons. The number of anilines is 1. The monoisotopic (exact) mass is 579 g/mol. The molecule has 0 bridgehead atoms. The second-order valence-electron chi connectivity index (χ2n) is 11.2. The van der Waals surface area contributed by atoms with E-state index < -0.39 is 9.84 Å². The van der Waals surface area contributed by atoms with Crippen molar-refractivity contribution in [2.45, 2.75) is 44.6 Å². The normalized spacial score (nSPS) is 22.9. The van der Waals surface area contributed by atoms with Gasteiger partial charge < -0.3 is 4.90 Å². The number of hydrogen-bond acceptors (Lipinski definition) is 6. The third kappa shape index (κ3) is 4.07. The van der Waals surface area contributed by atoms with Crippen LogP contribution in [-0.4, -0.2) is 62.8 Å². The van der Waals surface area contributed by atoms with Crippen molar-refractivity contribution in [3.05, 3.63) is 68.2 Å². The van der Waals surface area contributed by atoms with Crippen molar-refractivity contribution in [3.8, 4) is 6.07 Å². The summed E-state index contributed by atoms with van der Waals surface area (Å²) in [7, 11) is -2.85. The molecule has 0 amide bonds. The minimum Gasteiger partial charge on any atom is -0.368 e. The zero-order chi connectivity index (χ0) is 26.1. The van der Waals surface area contributed by atoms with Crippen LogP contribution in [0.1, 0.15) is 59.3 Å². The third-order valence-electron chi connectivity index (χ3n) is 8.85. The predicted octanol–water partition coefficient (Wildman–Crippen LogP) is 4.50. The van der Waals surface area contributed by atoms with Gasteiger partial charge in [-0.25, -0.2) is 8.42 Å². The number of fused-ring (bicyclic) bond motifs is 3. The van der Waals surface area contributed by atoms with Gasteiger partial charge in [0.15, 0.2) is 5.78 Å². The fourth-order valence-corrected chi connectivity index (χ4v) is 8.73. The van der Waals surface area contributed by atoms with E-state index in [9.17, 15) is 18.5 Å². The summed E-state index contributed by atoms with van der Waals surface area (Å²) >= 11 is 3.78. The van der Waals surface area contributed by atoms with Crippen LogP contribution >= 0.6 is 15.9 Å². The highest BCUT2D eigenvalue weighted by Gasteiger charge is 2.43. The molecule has 2 aliphatic carbocycles. The quantitative estimate of drug-likeness (QED) is 0.521. The summed E-state index contributed by atoms with van der Waals surface area (Å²) < 4.78 is 24.6. The van der Waals surface area contributed by atoms with E-state index in [-0.39, 0.29) is 11.2 Å². The molecule has 8 heteroatoms. The third-order valence-corrected chi connectivity index (χ3v) is 11.2. The van der Waals surface area contributed by atoms with E-state index in [0.29, 0.717) is 29.5 Å². The highest BCUT2D eigenvalue weighted by atomic mass is 79.9. The summed E-state index contributed by atoms with van der Waals surface area (Å²) in [6.07, 6.45) is 2.16. The highest BCUT2D eigenvalue weighted by Crippen LogP contribution is 2.51. The Morgan fingerprint density at radius 1 is 1.03 bits per heavy atom. The number of carbonyl (C=O) groups excluding carboxylic acids is 1. The van der Waals surface area contributed by atoms with Crippen LogP contribution in [0.15, 0.2) is 40.4 Å². The van der Waals surface area contributed by atoms with Crippen LogP contribution in [0.4, 0.5) is 5.69 Å². The molecule has 6 rings (SSSR count). The number of ketones is 1. The van der Waals surface area contributed by atoms with E-state index in [1.807, 2.05) is 18.2 Å². The second kappa shape index (κ2) is 8.79. The van der Waals surface area contributed by atoms with E-state index in [1.54, 1.807) is 6.07 Å². The molecule has 37 heavy (non-hydrogen) atoms. The smallest absolute Gasteiger partial charge is 0.193 e. The van der Waals surface area contributed by atoms with Crippen molar-refractivity contribution in [1.29, 1.82) is 5.26 Å². The first-order chi connectivity index (χ1) is 17.6. The van der Waals surface area contributed by atoms with Gasteiger partial charge in [-0.3, -0.25) is 9.69 Å². The summed E-state index contributed by atoms with van der Waals surface area (Å²) in [5.74, 6) is 0.672. The lowest BCUT2D eigenvalue weighted by Crippen LogP contribution is -2.52. The van der Waals surface area contributed by atoms with Gasteiger partial charge in [-0.05, 0) is 81.7 Å². The van der Waals surface area contributed by atoms with E-state index in [0.717, 1.165) is 82.6 Å². The second-order valence-corrected chi connectivity index (χ2v) is 14.4. The standard InChI is InChI=1S/C29H30BrN3O3S/c1-29(2)23-16-26(33-9-7-32(8-10-33)20-5-11-37(35,36)12-6-20)25(30)15-22(23)28(34)27-21-4-3-18(17-31)13-19(21)14-24(27)29/h3-4,13,15-16,20H,5-12,14H2,1-2H3. The summed E-state index contributed by atoms with van der Waals surface area (Å²) in [4.78, 5) is 18.6. The molecule has 0 aromatic heterocycles. The van der Waals surface area contributed by atoms with Crippen LogP contribution in [0.5, 0.6) is 0 Å². The fraction of sp³-hybridized carbons (Fsp3) is 0.448. The summed E-state index contributed by atoms with van der Waals surface area (Å²) in [5, 5.41) is 9.35. The molecule has 4 aliphatic rings. The molecular weight excluding hydrogens is 550 g/mol. The molecule has 0 saturated carbocycles. The Labute approximate surface area is 227 Å². The molecule has 2 aliphatic heterocycles. The molecule has 0 atom stereocenters.